The first-order valence-electron chi connectivity index (χ1n) is 5.60. The van der Waals surface area contributed by atoms with Crippen molar-refractivity contribution in [2.24, 2.45) is 0 Å². The molecule has 0 saturated heterocycles. The van der Waals surface area contributed by atoms with E-state index in [0.29, 0.717) is 25.1 Å². The predicted molar refractivity (Wildman–Crippen MR) is 66.9 cm³/mol. The van der Waals surface area contributed by atoms with Crippen molar-refractivity contribution >= 4 is 12.0 Å². The summed E-state index contributed by atoms with van der Waals surface area (Å²) in [6.45, 7) is 11.5. The number of carbonyl (C=O) groups is 2. The normalized spacial score (nSPS) is 10.8. The Morgan fingerprint density at radius 1 is 1.35 bits per heavy atom. The quantitative estimate of drug-likeness (QED) is 0.571. The van der Waals surface area contributed by atoms with E-state index >= 15 is 0 Å². The molecule has 0 aromatic carbocycles. The number of carboxylic acid groups (broad SMARTS) is 1. The number of hydrogen-bond donors (Lipinski definition) is 2. The second kappa shape index (κ2) is 6.27. The van der Waals surface area contributed by atoms with Crippen LogP contribution in [0.1, 0.15) is 34.1 Å². The fourth-order valence-electron chi connectivity index (χ4n) is 1.31. The second-order valence-corrected chi connectivity index (χ2v) is 4.99. The number of carbonyl (C=O) groups excluding carboxylic acids is 1. The van der Waals surface area contributed by atoms with E-state index in [4.69, 9.17) is 5.11 Å². The summed E-state index contributed by atoms with van der Waals surface area (Å²) in [5, 5.41) is 11.7. The van der Waals surface area contributed by atoms with Gasteiger partial charge in [0, 0.05) is 24.2 Å². The van der Waals surface area contributed by atoms with Crippen molar-refractivity contribution in [2.75, 3.05) is 13.1 Å². The SMILES string of the molecule is C=C(C)C(=O)NCCCN(C(=O)O)C(C)(C)C. The maximum atomic E-state index is 11.2. The molecule has 0 aliphatic carbocycles. The Hall–Kier alpha value is -1.52. The van der Waals surface area contributed by atoms with Gasteiger partial charge in [-0.1, -0.05) is 6.58 Å². The van der Waals surface area contributed by atoms with Crippen LogP contribution in [0.2, 0.25) is 0 Å². The summed E-state index contributed by atoms with van der Waals surface area (Å²) in [6.07, 6.45) is -0.355. The minimum Gasteiger partial charge on any atom is -0.465 e. The summed E-state index contributed by atoms with van der Waals surface area (Å²) in [5.41, 5.74) is 0.0282. The van der Waals surface area contributed by atoms with Gasteiger partial charge in [0.15, 0.2) is 0 Å². The summed E-state index contributed by atoms with van der Waals surface area (Å²) in [7, 11) is 0. The topological polar surface area (TPSA) is 69.6 Å². The first kappa shape index (κ1) is 15.5. The van der Waals surface area contributed by atoms with Gasteiger partial charge in [-0.05, 0) is 34.1 Å². The van der Waals surface area contributed by atoms with E-state index in [-0.39, 0.29) is 5.91 Å². The molecule has 0 aliphatic heterocycles. The molecule has 0 heterocycles. The lowest BCUT2D eigenvalue weighted by atomic mass is 10.1. The zero-order valence-corrected chi connectivity index (χ0v) is 11.0. The lowest BCUT2D eigenvalue weighted by Gasteiger charge is -2.33. The van der Waals surface area contributed by atoms with Gasteiger partial charge in [-0.2, -0.15) is 0 Å². The van der Waals surface area contributed by atoms with Crippen LogP contribution in [0.25, 0.3) is 0 Å². The molecular formula is C12H22N2O3. The molecule has 17 heavy (non-hydrogen) atoms. The summed E-state index contributed by atoms with van der Waals surface area (Å²) in [5.74, 6) is -0.192. The number of nitrogens with zero attached hydrogens (tertiary/aromatic N) is 1. The van der Waals surface area contributed by atoms with E-state index in [9.17, 15) is 9.59 Å². The van der Waals surface area contributed by atoms with Crippen molar-refractivity contribution < 1.29 is 14.7 Å². The Bertz CT molecular complexity index is 305. The number of hydrogen-bond acceptors (Lipinski definition) is 2. The Morgan fingerprint density at radius 2 is 1.88 bits per heavy atom. The van der Waals surface area contributed by atoms with Crippen LogP contribution in [-0.4, -0.2) is 40.6 Å². The third-order valence-electron chi connectivity index (χ3n) is 2.27. The van der Waals surface area contributed by atoms with Gasteiger partial charge >= 0.3 is 6.09 Å². The van der Waals surface area contributed by atoms with Gasteiger partial charge < -0.3 is 15.3 Å². The molecule has 0 aromatic rings. The zero-order chi connectivity index (χ0) is 13.6. The third kappa shape index (κ3) is 5.94. The van der Waals surface area contributed by atoms with Gasteiger partial charge in [-0.25, -0.2) is 4.79 Å². The standard InChI is InChI=1S/C12H22N2O3/c1-9(2)10(15)13-7-6-8-14(11(16)17)12(3,4)5/h1,6-8H2,2-5H3,(H,13,15)(H,16,17). The van der Waals surface area contributed by atoms with Crippen molar-refractivity contribution in [1.29, 1.82) is 0 Å². The van der Waals surface area contributed by atoms with Crippen LogP contribution in [0, 0.1) is 0 Å². The van der Waals surface area contributed by atoms with Crippen LogP contribution >= 0.6 is 0 Å². The van der Waals surface area contributed by atoms with E-state index in [0.717, 1.165) is 0 Å². The fourth-order valence-corrected chi connectivity index (χ4v) is 1.31. The van der Waals surface area contributed by atoms with E-state index in [1.165, 1.54) is 4.90 Å². The molecule has 98 valence electrons. The summed E-state index contributed by atoms with van der Waals surface area (Å²) in [6, 6.07) is 0. The lowest BCUT2D eigenvalue weighted by Crippen LogP contribution is -2.46. The summed E-state index contributed by atoms with van der Waals surface area (Å²) >= 11 is 0. The molecule has 5 nitrogen and oxygen atoms in total. The first-order valence-corrected chi connectivity index (χ1v) is 5.60. The van der Waals surface area contributed by atoms with Crippen molar-refractivity contribution in [3.05, 3.63) is 12.2 Å². The lowest BCUT2D eigenvalue weighted by molar-refractivity contribution is -0.117. The van der Waals surface area contributed by atoms with E-state index in [1.807, 2.05) is 20.8 Å². The first-order chi connectivity index (χ1) is 7.66. The zero-order valence-electron chi connectivity index (χ0n) is 11.0. The molecule has 0 aromatic heterocycles. The van der Waals surface area contributed by atoms with E-state index in [1.54, 1.807) is 6.92 Å². The summed E-state index contributed by atoms with van der Waals surface area (Å²) in [4.78, 5) is 23.5. The maximum Gasteiger partial charge on any atom is 0.407 e. The highest BCUT2D eigenvalue weighted by molar-refractivity contribution is 5.91. The van der Waals surface area contributed by atoms with Gasteiger partial charge in [0.1, 0.15) is 0 Å². The molecule has 0 fully saturated rings. The molecule has 0 rings (SSSR count). The monoisotopic (exact) mass is 242 g/mol. The van der Waals surface area contributed by atoms with Crippen molar-refractivity contribution in [2.45, 2.75) is 39.7 Å². The smallest absolute Gasteiger partial charge is 0.407 e. The molecule has 2 N–H and O–H groups in total. The van der Waals surface area contributed by atoms with E-state index < -0.39 is 11.6 Å². The highest BCUT2D eigenvalue weighted by atomic mass is 16.4. The Balaban J connectivity index is 4.05. The summed E-state index contributed by atoms with van der Waals surface area (Å²) < 4.78 is 0. The van der Waals surface area contributed by atoms with E-state index in [2.05, 4.69) is 11.9 Å². The molecule has 5 heteroatoms. The van der Waals surface area contributed by atoms with Gasteiger partial charge in [0.05, 0.1) is 0 Å². The Labute approximate surface area is 102 Å². The molecule has 0 radical (unpaired) electrons. The average Bonchev–Trinajstić information content (AvgIpc) is 2.13. The highest BCUT2D eigenvalue weighted by Gasteiger charge is 2.25. The molecular weight excluding hydrogens is 220 g/mol. The second-order valence-electron chi connectivity index (χ2n) is 4.99. The Morgan fingerprint density at radius 3 is 2.24 bits per heavy atom. The Kier molecular flexibility index (Phi) is 5.71. The predicted octanol–water partition coefficient (Wildman–Crippen LogP) is 1.85. The van der Waals surface area contributed by atoms with Crippen molar-refractivity contribution in [3.63, 3.8) is 0 Å². The molecule has 2 amide bonds. The van der Waals surface area contributed by atoms with Crippen LogP contribution in [0.15, 0.2) is 12.2 Å². The van der Waals surface area contributed by atoms with Crippen LogP contribution in [-0.2, 0) is 4.79 Å². The minimum absolute atomic E-state index is 0.192. The van der Waals surface area contributed by atoms with Gasteiger partial charge in [0.2, 0.25) is 5.91 Å². The number of rotatable bonds is 5. The molecule has 0 unspecified atom stereocenters. The number of nitrogens with one attached hydrogen (secondary N) is 1. The largest absolute Gasteiger partial charge is 0.465 e. The van der Waals surface area contributed by atoms with Gasteiger partial charge in [-0.3, -0.25) is 4.79 Å². The van der Waals surface area contributed by atoms with Gasteiger partial charge in [0.25, 0.3) is 0 Å². The molecule has 0 bridgehead atoms. The maximum absolute atomic E-state index is 11.2. The minimum atomic E-state index is -0.941. The molecule has 0 aliphatic rings. The average molecular weight is 242 g/mol. The molecule has 0 saturated carbocycles. The molecule has 0 atom stereocenters. The van der Waals surface area contributed by atoms with Crippen LogP contribution in [0.3, 0.4) is 0 Å². The van der Waals surface area contributed by atoms with Crippen LogP contribution < -0.4 is 5.32 Å². The van der Waals surface area contributed by atoms with Gasteiger partial charge in [-0.15, -0.1) is 0 Å². The van der Waals surface area contributed by atoms with Crippen LogP contribution in [0.4, 0.5) is 4.79 Å². The van der Waals surface area contributed by atoms with Crippen molar-refractivity contribution in [3.8, 4) is 0 Å². The highest BCUT2D eigenvalue weighted by Crippen LogP contribution is 2.13. The fraction of sp³-hybridized carbons (Fsp3) is 0.667. The van der Waals surface area contributed by atoms with Crippen molar-refractivity contribution in [1.82, 2.24) is 10.2 Å². The third-order valence-corrected chi connectivity index (χ3v) is 2.27. The number of amides is 2. The molecule has 0 spiro atoms. The van der Waals surface area contributed by atoms with Crippen LogP contribution in [0.5, 0.6) is 0 Å².